The van der Waals surface area contributed by atoms with Gasteiger partial charge in [-0.1, -0.05) is 30.3 Å². The molecule has 0 saturated carbocycles. The molecule has 27 heavy (non-hydrogen) atoms. The zero-order valence-electron chi connectivity index (χ0n) is 15.8. The van der Waals surface area contributed by atoms with Crippen molar-refractivity contribution in [3.63, 3.8) is 0 Å². The molecule has 1 spiro atoms. The molecule has 1 aromatic carbocycles. The minimum Gasteiger partial charge on any atom is -0.462 e. The molecule has 0 unspecified atom stereocenters. The van der Waals surface area contributed by atoms with Crippen LogP contribution in [0.4, 0.5) is 0 Å². The number of likely N-dealkylation sites (tertiary alicyclic amines) is 2. The summed E-state index contributed by atoms with van der Waals surface area (Å²) in [6.07, 6.45) is 3.97. The Bertz CT molecular complexity index is 773. The monoisotopic (exact) mass is 368 g/mol. The van der Waals surface area contributed by atoms with E-state index in [9.17, 15) is 9.90 Å². The van der Waals surface area contributed by atoms with Crippen LogP contribution in [0.5, 0.6) is 0 Å². The number of benzene rings is 1. The lowest BCUT2D eigenvalue weighted by Gasteiger charge is -2.48. The largest absolute Gasteiger partial charge is 0.462 e. The lowest BCUT2D eigenvalue weighted by Crippen LogP contribution is -2.53. The number of nitrogens with zero attached hydrogens (tertiary/aromatic N) is 2. The first-order valence-corrected chi connectivity index (χ1v) is 9.88. The fraction of sp³-hybridized carbons (Fsp3) is 0.500. The molecule has 2 aliphatic heterocycles. The number of hydrogen-bond donors (Lipinski definition) is 1. The number of piperidine rings is 2. The number of aliphatic hydroxyl groups excluding tert-OH is 1. The minimum atomic E-state index is -0.0551. The van der Waals surface area contributed by atoms with Gasteiger partial charge in [0.05, 0.1) is 6.54 Å². The number of rotatable bonds is 5. The van der Waals surface area contributed by atoms with Gasteiger partial charge < -0.3 is 14.4 Å². The van der Waals surface area contributed by atoms with Gasteiger partial charge in [0, 0.05) is 31.5 Å². The van der Waals surface area contributed by atoms with Crippen LogP contribution >= 0.6 is 0 Å². The van der Waals surface area contributed by atoms with Crippen molar-refractivity contribution in [2.45, 2.75) is 45.4 Å². The van der Waals surface area contributed by atoms with Gasteiger partial charge in [-0.25, -0.2) is 0 Å². The van der Waals surface area contributed by atoms with E-state index in [0.29, 0.717) is 18.7 Å². The number of furan rings is 1. The van der Waals surface area contributed by atoms with E-state index in [1.807, 2.05) is 30.3 Å². The van der Waals surface area contributed by atoms with E-state index in [4.69, 9.17) is 4.42 Å². The summed E-state index contributed by atoms with van der Waals surface area (Å²) in [6.45, 7) is 4.33. The Labute approximate surface area is 160 Å². The van der Waals surface area contributed by atoms with Gasteiger partial charge in [-0.3, -0.25) is 9.69 Å². The zero-order chi connectivity index (χ0) is 18.7. The first kappa shape index (κ1) is 18.3. The first-order chi connectivity index (χ1) is 13.2. The molecule has 1 amide bonds. The quantitative estimate of drug-likeness (QED) is 0.881. The molecule has 4 rings (SSSR count). The molecule has 2 aliphatic rings. The molecule has 3 heterocycles. The molecular weight excluding hydrogens is 340 g/mol. The number of amides is 1. The minimum absolute atomic E-state index is 0.0551. The van der Waals surface area contributed by atoms with Gasteiger partial charge in [0.25, 0.3) is 0 Å². The second kappa shape index (κ2) is 7.87. The van der Waals surface area contributed by atoms with Crippen LogP contribution in [0.15, 0.2) is 46.9 Å². The summed E-state index contributed by atoms with van der Waals surface area (Å²) in [7, 11) is 0. The summed E-state index contributed by atoms with van der Waals surface area (Å²) in [5, 5.41) is 9.19. The molecule has 5 nitrogen and oxygen atoms in total. The van der Waals surface area contributed by atoms with E-state index >= 15 is 0 Å². The fourth-order valence-corrected chi connectivity index (χ4v) is 4.64. The third-order valence-electron chi connectivity index (χ3n) is 5.96. The van der Waals surface area contributed by atoms with Gasteiger partial charge in [0.2, 0.25) is 5.91 Å². The second-order valence-corrected chi connectivity index (χ2v) is 8.08. The van der Waals surface area contributed by atoms with E-state index in [2.05, 4.69) is 21.9 Å². The van der Waals surface area contributed by atoms with Crippen molar-refractivity contribution in [1.82, 2.24) is 9.80 Å². The average Bonchev–Trinajstić information content (AvgIpc) is 3.14. The normalized spacial score (nSPS) is 23.9. The van der Waals surface area contributed by atoms with Gasteiger partial charge in [-0.15, -0.1) is 0 Å². The van der Waals surface area contributed by atoms with Crippen LogP contribution in [-0.2, 0) is 24.5 Å². The summed E-state index contributed by atoms with van der Waals surface area (Å²) in [4.78, 5) is 17.0. The lowest BCUT2D eigenvalue weighted by atomic mass is 9.73. The van der Waals surface area contributed by atoms with Gasteiger partial charge in [0.15, 0.2) is 0 Å². The predicted molar refractivity (Wildman–Crippen MR) is 103 cm³/mol. The molecule has 5 heteroatoms. The highest BCUT2D eigenvalue weighted by Gasteiger charge is 2.41. The molecule has 1 N–H and O–H groups in total. The third kappa shape index (κ3) is 4.25. The van der Waals surface area contributed by atoms with Crippen molar-refractivity contribution < 1.29 is 14.3 Å². The first-order valence-electron chi connectivity index (χ1n) is 9.88. The summed E-state index contributed by atoms with van der Waals surface area (Å²) >= 11 is 0. The SMILES string of the molecule is O=C1CC[C@@]2(CCCN(Cc3ccc(CO)o3)C2)CN1Cc1ccccc1. The Morgan fingerprint density at radius 2 is 1.81 bits per heavy atom. The Kier molecular flexibility index (Phi) is 5.32. The number of carbonyl (C=O) groups is 1. The topological polar surface area (TPSA) is 56.9 Å². The van der Waals surface area contributed by atoms with Crippen LogP contribution in [-0.4, -0.2) is 40.4 Å². The highest BCUT2D eigenvalue weighted by molar-refractivity contribution is 5.77. The fourth-order valence-electron chi connectivity index (χ4n) is 4.64. The highest BCUT2D eigenvalue weighted by atomic mass is 16.4. The number of carbonyl (C=O) groups excluding carboxylic acids is 1. The molecule has 0 radical (unpaired) electrons. The van der Waals surface area contributed by atoms with Crippen molar-refractivity contribution in [3.8, 4) is 0 Å². The van der Waals surface area contributed by atoms with Gasteiger partial charge in [0.1, 0.15) is 18.1 Å². The highest BCUT2D eigenvalue weighted by Crippen LogP contribution is 2.39. The van der Waals surface area contributed by atoms with E-state index in [1.165, 1.54) is 12.0 Å². The molecule has 1 aromatic heterocycles. The van der Waals surface area contributed by atoms with Crippen LogP contribution in [0.25, 0.3) is 0 Å². The molecule has 2 saturated heterocycles. The average molecular weight is 368 g/mol. The molecule has 144 valence electrons. The number of aliphatic hydroxyl groups is 1. The summed E-state index contributed by atoms with van der Waals surface area (Å²) in [6, 6.07) is 14.1. The van der Waals surface area contributed by atoms with E-state index in [0.717, 1.165) is 44.8 Å². The molecule has 0 aliphatic carbocycles. The maximum atomic E-state index is 12.5. The Morgan fingerprint density at radius 3 is 2.59 bits per heavy atom. The van der Waals surface area contributed by atoms with Crippen LogP contribution in [0.3, 0.4) is 0 Å². The Balaban J connectivity index is 1.42. The van der Waals surface area contributed by atoms with Crippen molar-refractivity contribution >= 4 is 5.91 Å². The van der Waals surface area contributed by atoms with E-state index in [1.54, 1.807) is 0 Å². The van der Waals surface area contributed by atoms with E-state index < -0.39 is 0 Å². The van der Waals surface area contributed by atoms with Crippen molar-refractivity contribution in [2.75, 3.05) is 19.6 Å². The molecule has 2 fully saturated rings. The smallest absolute Gasteiger partial charge is 0.222 e. The predicted octanol–water partition coefficient (Wildman–Crippen LogP) is 3.18. The third-order valence-corrected chi connectivity index (χ3v) is 5.96. The van der Waals surface area contributed by atoms with Gasteiger partial charge in [-0.05, 0) is 43.5 Å². The summed E-state index contributed by atoms with van der Waals surface area (Å²) in [5.41, 5.74) is 1.38. The van der Waals surface area contributed by atoms with Crippen LogP contribution in [0.2, 0.25) is 0 Å². The van der Waals surface area contributed by atoms with Crippen molar-refractivity contribution in [2.24, 2.45) is 5.41 Å². The van der Waals surface area contributed by atoms with Crippen LogP contribution in [0.1, 0.15) is 42.8 Å². The maximum absolute atomic E-state index is 12.5. The molecule has 1 atom stereocenters. The van der Waals surface area contributed by atoms with Gasteiger partial charge in [-0.2, -0.15) is 0 Å². The summed E-state index contributed by atoms with van der Waals surface area (Å²) < 4.78 is 5.67. The van der Waals surface area contributed by atoms with Crippen molar-refractivity contribution in [3.05, 3.63) is 59.5 Å². The van der Waals surface area contributed by atoms with E-state index in [-0.39, 0.29) is 17.9 Å². The molecule has 0 bridgehead atoms. The van der Waals surface area contributed by atoms with Gasteiger partial charge >= 0.3 is 0 Å². The zero-order valence-corrected chi connectivity index (χ0v) is 15.8. The van der Waals surface area contributed by atoms with Crippen LogP contribution in [0, 0.1) is 5.41 Å². The Morgan fingerprint density at radius 1 is 1.00 bits per heavy atom. The lowest BCUT2D eigenvalue weighted by molar-refractivity contribution is -0.140. The molecular formula is C22H28N2O3. The van der Waals surface area contributed by atoms with Crippen molar-refractivity contribution in [1.29, 1.82) is 0 Å². The second-order valence-electron chi connectivity index (χ2n) is 8.08. The standard InChI is InChI=1S/C22H28N2O3/c25-15-20-8-7-19(27-20)14-23-12-4-10-22(16-23)11-9-21(26)24(17-22)13-18-5-2-1-3-6-18/h1-3,5-8,25H,4,9-17H2/t22-/m1/s1. The Hall–Kier alpha value is -2.11. The van der Waals surface area contributed by atoms with Crippen LogP contribution < -0.4 is 0 Å². The maximum Gasteiger partial charge on any atom is 0.222 e. The number of hydrogen-bond acceptors (Lipinski definition) is 4. The summed E-state index contributed by atoms with van der Waals surface area (Å²) in [5.74, 6) is 1.80. The molecule has 2 aromatic rings.